The second-order valence-corrected chi connectivity index (χ2v) is 5.34. The molecule has 1 fully saturated rings. The van der Waals surface area contributed by atoms with Crippen molar-refractivity contribution in [2.75, 3.05) is 51.3 Å². The summed E-state index contributed by atoms with van der Waals surface area (Å²) in [5.41, 5.74) is 0. The summed E-state index contributed by atoms with van der Waals surface area (Å²) in [5, 5.41) is 2.83. The number of rotatable bonds is 7. The number of anilines is 1. The van der Waals surface area contributed by atoms with Gasteiger partial charge in [0.2, 0.25) is 11.9 Å². The fourth-order valence-corrected chi connectivity index (χ4v) is 2.38. The average molecular weight is 321 g/mol. The van der Waals surface area contributed by atoms with Gasteiger partial charge in [-0.2, -0.15) is 0 Å². The predicted molar refractivity (Wildman–Crippen MR) is 84.9 cm³/mol. The van der Waals surface area contributed by atoms with Gasteiger partial charge in [0, 0.05) is 51.5 Å². The SMILES string of the molecule is COC(=O)CCCNC(=O)CN1CCN(c2ncccn2)CC1. The van der Waals surface area contributed by atoms with E-state index in [0.29, 0.717) is 25.9 Å². The lowest BCUT2D eigenvalue weighted by Crippen LogP contribution is -2.50. The van der Waals surface area contributed by atoms with Gasteiger partial charge in [-0.05, 0) is 12.5 Å². The Kier molecular flexibility index (Phi) is 6.74. The van der Waals surface area contributed by atoms with Crippen LogP contribution < -0.4 is 10.2 Å². The number of carbonyl (C=O) groups is 2. The molecule has 8 nitrogen and oxygen atoms in total. The van der Waals surface area contributed by atoms with E-state index in [2.05, 4.69) is 29.8 Å². The number of hydrogen-bond acceptors (Lipinski definition) is 7. The first kappa shape index (κ1) is 17.1. The molecule has 2 rings (SSSR count). The number of aromatic nitrogens is 2. The number of nitrogens with one attached hydrogen (secondary N) is 1. The zero-order valence-electron chi connectivity index (χ0n) is 13.4. The van der Waals surface area contributed by atoms with Crippen molar-refractivity contribution in [3.05, 3.63) is 18.5 Å². The van der Waals surface area contributed by atoms with Crippen LogP contribution in [0.1, 0.15) is 12.8 Å². The molecule has 0 radical (unpaired) electrons. The first-order valence-corrected chi connectivity index (χ1v) is 7.77. The molecule has 0 unspecified atom stereocenters. The summed E-state index contributed by atoms with van der Waals surface area (Å²) in [4.78, 5) is 35.5. The third-order valence-corrected chi connectivity index (χ3v) is 3.68. The van der Waals surface area contributed by atoms with E-state index in [-0.39, 0.29) is 11.9 Å². The van der Waals surface area contributed by atoms with E-state index < -0.39 is 0 Å². The quantitative estimate of drug-likeness (QED) is 0.543. The smallest absolute Gasteiger partial charge is 0.305 e. The zero-order valence-corrected chi connectivity index (χ0v) is 13.4. The Morgan fingerprint density at radius 3 is 2.57 bits per heavy atom. The molecule has 0 aliphatic carbocycles. The molecule has 1 aromatic rings. The minimum absolute atomic E-state index is 0.0146. The molecule has 0 bridgehead atoms. The number of amides is 1. The van der Waals surface area contributed by atoms with E-state index in [4.69, 9.17) is 0 Å². The summed E-state index contributed by atoms with van der Waals surface area (Å²) in [5.74, 6) is 0.470. The molecule has 8 heteroatoms. The summed E-state index contributed by atoms with van der Waals surface area (Å²) in [6.07, 6.45) is 4.39. The van der Waals surface area contributed by atoms with Gasteiger partial charge in [-0.1, -0.05) is 0 Å². The highest BCUT2D eigenvalue weighted by Crippen LogP contribution is 2.09. The maximum Gasteiger partial charge on any atom is 0.305 e. The average Bonchev–Trinajstić information content (AvgIpc) is 2.60. The number of methoxy groups -OCH3 is 1. The highest BCUT2D eigenvalue weighted by atomic mass is 16.5. The van der Waals surface area contributed by atoms with E-state index >= 15 is 0 Å². The van der Waals surface area contributed by atoms with Crippen LogP contribution in [-0.2, 0) is 14.3 Å². The molecule has 126 valence electrons. The van der Waals surface area contributed by atoms with Crippen molar-refractivity contribution in [3.63, 3.8) is 0 Å². The van der Waals surface area contributed by atoms with Crippen LogP contribution in [-0.4, -0.2) is 73.1 Å². The van der Waals surface area contributed by atoms with Gasteiger partial charge in [0.05, 0.1) is 13.7 Å². The van der Waals surface area contributed by atoms with Crippen LogP contribution in [0.3, 0.4) is 0 Å². The van der Waals surface area contributed by atoms with Gasteiger partial charge in [-0.15, -0.1) is 0 Å². The number of piperazine rings is 1. The highest BCUT2D eigenvalue weighted by Gasteiger charge is 2.20. The predicted octanol–water partition coefficient (Wildman–Crippen LogP) is -0.332. The third-order valence-electron chi connectivity index (χ3n) is 3.68. The Labute approximate surface area is 135 Å². The van der Waals surface area contributed by atoms with Crippen LogP contribution in [0.4, 0.5) is 5.95 Å². The van der Waals surface area contributed by atoms with E-state index in [0.717, 1.165) is 32.1 Å². The molecule has 1 aliphatic rings. The normalized spacial score (nSPS) is 15.3. The summed E-state index contributed by atoms with van der Waals surface area (Å²) < 4.78 is 4.55. The van der Waals surface area contributed by atoms with Crippen LogP contribution in [0.2, 0.25) is 0 Å². The van der Waals surface area contributed by atoms with Crippen molar-refractivity contribution in [2.45, 2.75) is 12.8 Å². The van der Waals surface area contributed by atoms with Crippen LogP contribution in [0.5, 0.6) is 0 Å². The van der Waals surface area contributed by atoms with Gasteiger partial charge in [-0.25, -0.2) is 9.97 Å². The molecular weight excluding hydrogens is 298 g/mol. The fourth-order valence-electron chi connectivity index (χ4n) is 2.38. The first-order chi connectivity index (χ1) is 11.2. The first-order valence-electron chi connectivity index (χ1n) is 7.77. The number of hydrogen-bond donors (Lipinski definition) is 1. The second-order valence-electron chi connectivity index (χ2n) is 5.34. The maximum atomic E-state index is 11.9. The number of nitrogens with zero attached hydrogens (tertiary/aromatic N) is 4. The van der Waals surface area contributed by atoms with E-state index in [1.807, 2.05) is 0 Å². The second kappa shape index (κ2) is 9.04. The Bertz CT molecular complexity index is 503. The molecule has 0 atom stereocenters. The van der Waals surface area contributed by atoms with Gasteiger partial charge < -0.3 is 15.0 Å². The van der Waals surface area contributed by atoms with Crippen molar-refractivity contribution in [1.29, 1.82) is 0 Å². The molecule has 0 saturated carbocycles. The summed E-state index contributed by atoms with van der Waals surface area (Å²) in [6, 6.07) is 1.80. The monoisotopic (exact) mass is 321 g/mol. The Hall–Kier alpha value is -2.22. The van der Waals surface area contributed by atoms with Crippen molar-refractivity contribution in [1.82, 2.24) is 20.2 Å². The van der Waals surface area contributed by atoms with Crippen molar-refractivity contribution >= 4 is 17.8 Å². The van der Waals surface area contributed by atoms with Gasteiger partial charge >= 0.3 is 5.97 Å². The summed E-state index contributed by atoms with van der Waals surface area (Å²) >= 11 is 0. The third kappa shape index (κ3) is 5.82. The maximum absolute atomic E-state index is 11.9. The van der Waals surface area contributed by atoms with Crippen molar-refractivity contribution in [3.8, 4) is 0 Å². The van der Waals surface area contributed by atoms with Crippen LogP contribution in [0, 0.1) is 0 Å². The van der Waals surface area contributed by atoms with Crippen LogP contribution >= 0.6 is 0 Å². The standard InChI is InChI=1S/C15H23N5O3/c1-23-14(22)4-2-5-16-13(21)12-19-8-10-20(11-9-19)15-17-6-3-7-18-15/h3,6-7H,2,4-5,8-12H2,1H3,(H,16,21). The topological polar surface area (TPSA) is 87.7 Å². The van der Waals surface area contributed by atoms with Crippen LogP contribution in [0.25, 0.3) is 0 Å². The molecule has 1 saturated heterocycles. The summed E-state index contributed by atoms with van der Waals surface area (Å²) in [7, 11) is 1.36. The molecule has 1 N–H and O–H groups in total. The molecule has 1 aliphatic heterocycles. The molecule has 1 amide bonds. The lowest BCUT2D eigenvalue weighted by atomic mass is 10.3. The largest absolute Gasteiger partial charge is 0.469 e. The van der Waals surface area contributed by atoms with Crippen LogP contribution in [0.15, 0.2) is 18.5 Å². The van der Waals surface area contributed by atoms with Gasteiger partial charge in [0.25, 0.3) is 0 Å². The Morgan fingerprint density at radius 1 is 1.22 bits per heavy atom. The lowest BCUT2D eigenvalue weighted by molar-refractivity contribution is -0.140. The number of esters is 1. The molecule has 0 spiro atoms. The van der Waals surface area contributed by atoms with E-state index in [1.54, 1.807) is 18.5 Å². The minimum atomic E-state index is -0.251. The van der Waals surface area contributed by atoms with Gasteiger partial charge in [0.1, 0.15) is 0 Å². The number of carbonyl (C=O) groups excluding carboxylic acids is 2. The Morgan fingerprint density at radius 2 is 1.91 bits per heavy atom. The molecular formula is C15H23N5O3. The minimum Gasteiger partial charge on any atom is -0.469 e. The highest BCUT2D eigenvalue weighted by molar-refractivity contribution is 5.78. The Balaban J connectivity index is 1.62. The van der Waals surface area contributed by atoms with Gasteiger partial charge in [-0.3, -0.25) is 14.5 Å². The fraction of sp³-hybridized carbons (Fsp3) is 0.600. The molecule has 1 aromatic heterocycles. The molecule has 23 heavy (non-hydrogen) atoms. The zero-order chi connectivity index (χ0) is 16.5. The summed E-state index contributed by atoms with van der Waals surface area (Å²) in [6.45, 7) is 4.08. The van der Waals surface area contributed by atoms with E-state index in [1.165, 1.54) is 7.11 Å². The number of ether oxygens (including phenoxy) is 1. The van der Waals surface area contributed by atoms with E-state index in [9.17, 15) is 9.59 Å². The van der Waals surface area contributed by atoms with Crippen molar-refractivity contribution < 1.29 is 14.3 Å². The van der Waals surface area contributed by atoms with Gasteiger partial charge in [0.15, 0.2) is 0 Å². The molecule has 0 aromatic carbocycles. The molecule has 2 heterocycles. The van der Waals surface area contributed by atoms with Crippen molar-refractivity contribution in [2.24, 2.45) is 0 Å². The lowest BCUT2D eigenvalue weighted by Gasteiger charge is -2.34.